The molecular formula is C22H15Br2N3. The number of hydrogen-bond acceptors (Lipinski definition) is 2. The Morgan fingerprint density at radius 3 is 2.22 bits per heavy atom. The Morgan fingerprint density at radius 1 is 0.815 bits per heavy atom. The maximum Gasteiger partial charge on any atom is 0.209 e. The van der Waals surface area contributed by atoms with Gasteiger partial charge in [-0.1, -0.05) is 68.3 Å². The lowest BCUT2D eigenvalue weighted by Gasteiger charge is -2.26. The highest BCUT2D eigenvalue weighted by Crippen LogP contribution is 2.37. The van der Waals surface area contributed by atoms with Gasteiger partial charge in [-0.25, -0.2) is 4.98 Å². The summed E-state index contributed by atoms with van der Waals surface area (Å²) >= 11 is 7.05. The first-order valence-corrected chi connectivity index (χ1v) is 10.2. The van der Waals surface area contributed by atoms with E-state index in [0.29, 0.717) is 0 Å². The van der Waals surface area contributed by atoms with Gasteiger partial charge >= 0.3 is 0 Å². The zero-order valence-electron chi connectivity index (χ0n) is 14.2. The molecule has 1 aliphatic heterocycles. The third-order valence-electron chi connectivity index (χ3n) is 4.81. The van der Waals surface area contributed by atoms with Gasteiger partial charge in [0, 0.05) is 14.6 Å². The molecule has 3 aromatic carbocycles. The molecule has 1 atom stereocenters. The molecule has 5 rings (SSSR count). The first-order chi connectivity index (χ1) is 13.2. The van der Waals surface area contributed by atoms with Crippen LogP contribution in [0.2, 0.25) is 0 Å². The van der Waals surface area contributed by atoms with E-state index in [4.69, 9.17) is 4.98 Å². The van der Waals surface area contributed by atoms with Crippen LogP contribution in [0.25, 0.3) is 16.7 Å². The van der Waals surface area contributed by atoms with E-state index in [1.54, 1.807) is 0 Å². The van der Waals surface area contributed by atoms with Crippen LogP contribution in [-0.2, 0) is 0 Å². The third-order valence-corrected chi connectivity index (χ3v) is 5.87. The maximum atomic E-state index is 4.83. The minimum absolute atomic E-state index is 0.0698. The van der Waals surface area contributed by atoms with E-state index >= 15 is 0 Å². The molecule has 1 unspecified atom stereocenters. The summed E-state index contributed by atoms with van der Waals surface area (Å²) in [5.41, 5.74) is 5.54. The van der Waals surface area contributed by atoms with Crippen LogP contribution in [0, 0.1) is 0 Å². The summed E-state index contributed by atoms with van der Waals surface area (Å²) in [4.78, 5) is 4.83. The number of anilines is 1. The molecule has 0 amide bonds. The second kappa shape index (κ2) is 6.66. The molecule has 1 N–H and O–H groups in total. The highest BCUT2D eigenvalue weighted by molar-refractivity contribution is 9.10. The summed E-state index contributed by atoms with van der Waals surface area (Å²) in [6.45, 7) is 0. The number of benzene rings is 3. The average Bonchev–Trinajstić information content (AvgIpc) is 3.07. The Kier molecular flexibility index (Phi) is 4.14. The molecule has 1 aromatic heterocycles. The normalized spacial score (nSPS) is 15.9. The van der Waals surface area contributed by atoms with Crippen molar-refractivity contribution < 1.29 is 0 Å². The summed E-state index contributed by atoms with van der Waals surface area (Å²) < 4.78 is 4.41. The number of aromatic nitrogens is 2. The Bertz CT molecular complexity index is 1160. The topological polar surface area (TPSA) is 29.9 Å². The number of nitrogens with zero attached hydrogens (tertiary/aromatic N) is 2. The van der Waals surface area contributed by atoms with Crippen LogP contribution in [0.4, 0.5) is 5.95 Å². The van der Waals surface area contributed by atoms with Crippen molar-refractivity contribution in [1.82, 2.24) is 9.55 Å². The van der Waals surface area contributed by atoms with E-state index in [9.17, 15) is 0 Å². The van der Waals surface area contributed by atoms with E-state index in [2.05, 4.69) is 115 Å². The second-order valence-corrected chi connectivity index (χ2v) is 8.33. The fraction of sp³-hybridized carbons (Fsp3) is 0.0455. The van der Waals surface area contributed by atoms with Crippen molar-refractivity contribution >= 4 is 54.5 Å². The lowest BCUT2D eigenvalue weighted by molar-refractivity contribution is 0.720. The van der Waals surface area contributed by atoms with Crippen molar-refractivity contribution in [2.75, 3.05) is 5.32 Å². The minimum Gasteiger partial charge on any atom is -0.325 e. The lowest BCUT2D eigenvalue weighted by atomic mass is 10.0. The predicted octanol–water partition coefficient (Wildman–Crippen LogP) is 6.62. The van der Waals surface area contributed by atoms with Crippen LogP contribution >= 0.6 is 31.9 Å². The average molecular weight is 481 g/mol. The molecule has 1 aliphatic rings. The van der Waals surface area contributed by atoms with Crippen molar-refractivity contribution in [1.29, 1.82) is 0 Å². The summed E-state index contributed by atoms with van der Waals surface area (Å²) in [6, 6.07) is 25.2. The van der Waals surface area contributed by atoms with Gasteiger partial charge in [0.15, 0.2) is 0 Å². The van der Waals surface area contributed by atoms with E-state index in [-0.39, 0.29) is 6.04 Å². The first-order valence-electron chi connectivity index (χ1n) is 8.66. The Balaban J connectivity index is 1.71. The van der Waals surface area contributed by atoms with E-state index in [0.717, 1.165) is 37.2 Å². The summed E-state index contributed by atoms with van der Waals surface area (Å²) in [7, 11) is 0. The fourth-order valence-electron chi connectivity index (χ4n) is 3.51. The molecule has 0 saturated heterocycles. The Labute approximate surface area is 174 Å². The number of imidazole rings is 1. The molecule has 5 heteroatoms. The standard InChI is InChI=1S/C22H15Br2N3/c23-16-9-5-14(6-10-16)19-13-21(15-7-11-17(24)12-8-15)27-20-4-2-1-3-18(20)25-22(27)26-19/h1-13,21H,(H,25,26). The molecule has 4 aromatic rings. The van der Waals surface area contributed by atoms with E-state index < -0.39 is 0 Å². The number of rotatable bonds is 2. The Morgan fingerprint density at radius 2 is 1.48 bits per heavy atom. The van der Waals surface area contributed by atoms with Gasteiger partial charge in [0.2, 0.25) is 5.95 Å². The molecule has 0 radical (unpaired) electrons. The lowest BCUT2D eigenvalue weighted by Crippen LogP contribution is -2.19. The van der Waals surface area contributed by atoms with Crippen LogP contribution in [-0.4, -0.2) is 9.55 Å². The van der Waals surface area contributed by atoms with Crippen molar-refractivity contribution in [3.63, 3.8) is 0 Å². The SMILES string of the molecule is Brc1ccc(C2=CC(c3ccc(Br)cc3)n3c(nc4ccccc43)N2)cc1. The molecule has 0 fully saturated rings. The van der Waals surface area contributed by atoms with Crippen molar-refractivity contribution in [3.05, 3.63) is 98.9 Å². The van der Waals surface area contributed by atoms with Gasteiger partial charge < -0.3 is 5.32 Å². The van der Waals surface area contributed by atoms with Crippen LogP contribution < -0.4 is 5.32 Å². The number of hydrogen-bond donors (Lipinski definition) is 1. The van der Waals surface area contributed by atoms with Crippen LogP contribution in [0.5, 0.6) is 0 Å². The number of nitrogens with one attached hydrogen (secondary N) is 1. The van der Waals surface area contributed by atoms with E-state index in [1.165, 1.54) is 5.56 Å². The molecule has 0 saturated carbocycles. The number of fused-ring (bicyclic) bond motifs is 3. The van der Waals surface area contributed by atoms with Gasteiger partial charge in [-0.3, -0.25) is 4.57 Å². The van der Waals surface area contributed by atoms with Crippen molar-refractivity contribution in [2.24, 2.45) is 0 Å². The molecule has 27 heavy (non-hydrogen) atoms. The molecule has 132 valence electrons. The van der Waals surface area contributed by atoms with Crippen molar-refractivity contribution in [2.45, 2.75) is 6.04 Å². The van der Waals surface area contributed by atoms with Crippen molar-refractivity contribution in [3.8, 4) is 0 Å². The molecule has 3 nitrogen and oxygen atoms in total. The van der Waals surface area contributed by atoms with Gasteiger partial charge in [-0.05, 0) is 53.6 Å². The second-order valence-electron chi connectivity index (χ2n) is 6.50. The summed E-state index contributed by atoms with van der Waals surface area (Å²) in [5.74, 6) is 0.865. The van der Waals surface area contributed by atoms with Gasteiger partial charge in [0.1, 0.15) is 0 Å². The highest BCUT2D eigenvalue weighted by atomic mass is 79.9. The highest BCUT2D eigenvalue weighted by Gasteiger charge is 2.25. The molecular weight excluding hydrogens is 466 g/mol. The van der Waals surface area contributed by atoms with Gasteiger partial charge in [0.25, 0.3) is 0 Å². The summed E-state index contributed by atoms with van der Waals surface area (Å²) in [6.07, 6.45) is 2.27. The smallest absolute Gasteiger partial charge is 0.209 e. The zero-order valence-corrected chi connectivity index (χ0v) is 17.4. The van der Waals surface area contributed by atoms with Crippen LogP contribution in [0.15, 0.2) is 87.8 Å². The van der Waals surface area contributed by atoms with Gasteiger partial charge in [-0.2, -0.15) is 0 Å². The maximum absolute atomic E-state index is 4.83. The number of halogens is 2. The monoisotopic (exact) mass is 479 g/mol. The van der Waals surface area contributed by atoms with Gasteiger partial charge in [-0.15, -0.1) is 0 Å². The Hall–Kier alpha value is -2.37. The number of para-hydroxylation sites is 2. The molecule has 0 bridgehead atoms. The molecule has 0 aliphatic carbocycles. The van der Waals surface area contributed by atoms with Crippen LogP contribution in [0.1, 0.15) is 17.2 Å². The number of allylic oxidation sites excluding steroid dienone is 1. The van der Waals surface area contributed by atoms with Gasteiger partial charge in [0.05, 0.1) is 17.1 Å². The summed E-state index contributed by atoms with van der Waals surface area (Å²) in [5, 5.41) is 3.52. The van der Waals surface area contributed by atoms with Crippen LogP contribution in [0.3, 0.4) is 0 Å². The van der Waals surface area contributed by atoms with E-state index in [1.807, 2.05) is 6.07 Å². The fourth-order valence-corrected chi connectivity index (χ4v) is 4.04. The first kappa shape index (κ1) is 16.8. The largest absolute Gasteiger partial charge is 0.325 e. The molecule has 0 spiro atoms. The predicted molar refractivity (Wildman–Crippen MR) is 118 cm³/mol. The zero-order chi connectivity index (χ0) is 18.4. The third kappa shape index (κ3) is 3.01. The molecule has 2 heterocycles. The quantitative estimate of drug-likeness (QED) is 0.349. The minimum atomic E-state index is 0.0698.